The number of urea groups is 1. The van der Waals surface area contributed by atoms with Crippen molar-refractivity contribution in [1.82, 2.24) is 9.88 Å². The number of piperidine rings is 1. The smallest absolute Gasteiger partial charge is 0.321 e. The molecule has 0 saturated carbocycles. The molecule has 1 saturated heterocycles. The summed E-state index contributed by atoms with van der Waals surface area (Å²) in [4.78, 5) is 17.4. The second-order valence-electron chi connectivity index (χ2n) is 3.88. The molecule has 5 nitrogen and oxygen atoms in total. The van der Waals surface area contributed by atoms with Gasteiger partial charge < -0.3 is 15.3 Å². The molecule has 16 heavy (non-hydrogen) atoms. The molecule has 0 spiro atoms. The van der Waals surface area contributed by atoms with Gasteiger partial charge in [0.1, 0.15) is 0 Å². The van der Waals surface area contributed by atoms with Crippen LogP contribution in [0.1, 0.15) is 12.8 Å². The summed E-state index contributed by atoms with van der Waals surface area (Å²) in [5.41, 5.74) is 0.742. The summed E-state index contributed by atoms with van der Waals surface area (Å²) in [6.45, 7) is 1.22. The lowest BCUT2D eigenvalue weighted by atomic mass is 10.1. The van der Waals surface area contributed by atoms with Crippen LogP contribution in [-0.4, -0.2) is 40.2 Å². The summed E-state index contributed by atoms with van der Waals surface area (Å²) in [5.74, 6) is 0. The topological polar surface area (TPSA) is 65.5 Å². The molecular weight excluding hydrogens is 206 g/mol. The van der Waals surface area contributed by atoms with E-state index in [-0.39, 0.29) is 12.1 Å². The monoisotopic (exact) mass is 221 g/mol. The highest BCUT2D eigenvalue weighted by Crippen LogP contribution is 2.12. The van der Waals surface area contributed by atoms with Crippen molar-refractivity contribution in [3.05, 3.63) is 24.5 Å². The predicted octanol–water partition coefficient (Wildman–Crippen LogP) is 1.07. The Hall–Kier alpha value is -1.62. The van der Waals surface area contributed by atoms with Gasteiger partial charge in [0, 0.05) is 31.2 Å². The number of nitrogens with zero attached hydrogens (tertiary/aromatic N) is 2. The summed E-state index contributed by atoms with van der Waals surface area (Å²) in [5, 5.41) is 12.1. The zero-order chi connectivity index (χ0) is 11.4. The molecule has 1 fully saturated rings. The second-order valence-corrected chi connectivity index (χ2v) is 3.88. The number of aliphatic hydroxyl groups is 1. The summed E-state index contributed by atoms with van der Waals surface area (Å²) in [7, 11) is 0. The standard InChI is InChI=1S/C11H15N3O2/c15-10-3-7-14(8-4-10)11(16)13-9-1-5-12-6-2-9/h1-2,5-6,10,15H,3-4,7-8H2,(H,12,13,16). The number of pyridine rings is 1. The van der Waals surface area contributed by atoms with E-state index in [0.717, 1.165) is 5.69 Å². The minimum absolute atomic E-state index is 0.113. The fraction of sp³-hybridized carbons (Fsp3) is 0.455. The number of likely N-dealkylation sites (tertiary alicyclic amines) is 1. The van der Waals surface area contributed by atoms with E-state index in [1.165, 1.54) is 0 Å². The molecule has 1 aromatic rings. The fourth-order valence-electron chi connectivity index (χ4n) is 1.71. The Kier molecular flexibility index (Phi) is 3.36. The van der Waals surface area contributed by atoms with E-state index in [0.29, 0.717) is 25.9 Å². The molecule has 2 rings (SSSR count). The van der Waals surface area contributed by atoms with Crippen LogP contribution in [0.2, 0.25) is 0 Å². The number of anilines is 1. The lowest BCUT2D eigenvalue weighted by Gasteiger charge is -2.29. The van der Waals surface area contributed by atoms with Crippen LogP contribution in [0.25, 0.3) is 0 Å². The summed E-state index contributed by atoms with van der Waals surface area (Å²) in [6, 6.07) is 3.38. The van der Waals surface area contributed by atoms with E-state index in [2.05, 4.69) is 10.3 Å². The van der Waals surface area contributed by atoms with Crippen LogP contribution in [0, 0.1) is 0 Å². The lowest BCUT2D eigenvalue weighted by molar-refractivity contribution is 0.0972. The molecule has 86 valence electrons. The SMILES string of the molecule is O=C(Nc1ccncc1)N1CCC(O)CC1. The Labute approximate surface area is 94.1 Å². The zero-order valence-electron chi connectivity index (χ0n) is 8.97. The van der Waals surface area contributed by atoms with Gasteiger partial charge in [0.25, 0.3) is 0 Å². The van der Waals surface area contributed by atoms with Gasteiger partial charge in [-0.2, -0.15) is 0 Å². The first-order chi connectivity index (χ1) is 7.75. The Bertz CT molecular complexity index is 348. The highest BCUT2D eigenvalue weighted by atomic mass is 16.3. The third-order valence-electron chi connectivity index (χ3n) is 2.68. The van der Waals surface area contributed by atoms with Gasteiger partial charge in [-0.15, -0.1) is 0 Å². The fourth-order valence-corrected chi connectivity index (χ4v) is 1.71. The molecule has 0 aromatic carbocycles. The number of aromatic nitrogens is 1. The highest BCUT2D eigenvalue weighted by Gasteiger charge is 2.20. The average molecular weight is 221 g/mol. The van der Waals surface area contributed by atoms with Gasteiger partial charge in [-0.05, 0) is 25.0 Å². The molecule has 0 aliphatic carbocycles. The Morgan fingerprint density at radius 1 is 1.38 bits per heavy atom. The molecule has 0 unspecified atom stereocenters. The second kappa shape index (κ2) is 4.94. The molecule has 5 heteroatoms. The van der Waals surface area contributed by atoms with Crippen LogP contribution in [-0.2, 0) is 0 Å². The van der Waals surface area contributed by atoms with Crippen molar-refractivity contribution in [3.8, 4) is 0 Å². The third-order valence-corrected chi connectivity index (χ3v) is 2.68. The predicted molar refractivity (Wildman–Crippen MR) is 60.1 cm³/mol. The first-order valence-electron chi connectivity index (χ1n) is 5.40. The van der Waals surface area contributed by atoms with Gasteiger partial charge in [0.2, 0.25) is 0 Å². The first-order valence-corrected chi connectivity index (χ1v) is 5.40. The van der Waals surface area contributed by atoms with Crippen molar-refractivity contribution in [3.63, 3.8) is 0 Å². The van der Waals surface area contributed by atoms with Crippen molar-refractivity contribution in [2.75, 3.05) is 18.4 Å². The van der Waals surface area contributed by atoms with E-state index >= 15 is 0 Å². The Morgan fingerprint density at radius 2 is 2.00 bits per heavy atom. The maximum absolute atomic E-state index is 11.8. The van der Waals surface area contributed by atoms with Gasteiger partial charge in [-0.25, -0.2) is 4.79 Å². The van der Waals surface area contributed by atoms with E-state index in [4.69, 9.17) is 0 Å². The molecule has 2 N–H and O–H groups in total. The number of nitrogens with one attached hydrogen (secondary N) is 1. The molecule has 1 aromatic heterocycles. The molecular formula is C11H15N3O2. The number of rotatable bonds is 1. The van der Waals surface area contributed by atoms with E-state index in [9.17, 15) is 9.90 Å². The number of aliphatic hydroxyl groups excluding tert-OH is 1. The van der Waals surface area contributed by atoms with Crippen molar-refractivity contribution in [2.24, 2.45) is 0 Å². The van der Waals surface area contributed by atoms with Crippen LogP contribution >= 0.6 is 0 Å². The minimum Gasteiger partial charge on any atom is -0.393 e. The normalized spacial score (nSPS) is 17.2. The van der Waals surface area contributed by atoms with Gasteiger partial charge in [-0.3, -0.25) is 4.98 Å². The number of carbonyl (C=O) groups excluding carboxylic acids is 1. The van der Waals surface area contributed by atoms with Crippen LogP contribution in [0.5, 0.6) is 0 Å². The van der Waals surface area contributed by atoms with Crippen molar-refractivity contribution in [1.29, 1.82) is 0 Å². The van der Waals surface area contributed by atoms with Crippen molar-refractivity contribution in [2.45, 2.75) is 18.9 Å². The molecule has 1 aliphatic rings. The third kappa shape index (κ3) is 2.70. The minimum atomic E-state index is -0.259. The maximum atomic E-state index is 11.8. The summed E-state index contributed by atoms with van der Waals surface area (Å²) < 4.78 is 0. The van der Waals surface area contributed by atoms with Gasteiger partial charge in [-0.1, -0.05) is 0 Å². The molecule has 0 radical (unpaired) electrons. The quantitative estimate of drug-likeness (QED) is 0.745. The number of amides is 2. The summed E-state index contributed by atoms with van der Waals surface area (Å²) in [6.07, 6.45) is 4.32. The van der Waals surface area contributed by atoms with Gasteiger partial charge in [0.05, 0.1) is 6.10 Å². The molecule has 2 amide bonds. The molecule has 0 bridgehead atoms. The van der Waals surface area contributed by atoms with Gasteiger partial charge in [0.15, 0.2) is 0 Å². The zero-order valence-corrected chi connectivity index (χ0v) is 8.97. The van der Waals surface area contributed by atoms with E-state index < -0.39 is 0 Å². The number of hydrogen-bond acceptors (Lipinski definition) is 3. The van der Waals surface area contributed by atoms with E-state index in [1.54, 1.807) is 29.4 Å². The van der Waals surface area contributed by atoms with Crippen LogP contribution in [0.3, 0.4) is 0 Å². The lowest BCUT2D eigenvalue weighted by Crippen LogP contribution is -2.42. The van der Waals surface area contributed by atoms with Gasteiger partial charge >= 0.3 is 6.03 Å². The van der Waals surface area contributed by atoms with Crippen molar-refractivity contribution >= 4 is 11.7 Å². The number of hydrogen-bond donors (Lipinski definition) is 2. The molecule has 1 aliphatic heterocycles. The van der Waals surface area contributed by atoms with Crippen LogP contribution in [0.4, 0.5) is 10.5 Å². The number of carbonyl (C=O) groups is 1. The molecule has 2 heterocycles. The summed E-state index contributed by atoms with van der Waals surface area (Å²) >= 11 is 0. The van der Waals surface area contributed by atoms with Crippen LogP contribution < -0.4 is 5.32 Å². The first kappa shape index (κ1) is 10.9. The molecule has 0 atom stereocenters. The Morgan fingerprint density at radius 3 is 2.62 bits per heavy atom. The van der Waals surface area contributed by atoms with E-state index in [1.807, 2.05) is 0 Å². The average Bonchev–Trinajstić information content (AvgIpc) is 2.31. The maximum Gasteiger partial charge on any atom is 0.321 e. The van der Waals surface area contributed by atoms with Crippen molar-refractivity contribution < 1.29 is 9.90 Å². The van der Waals surface area contributed by atoms with Crippen LogP contribution in [0.15, 0.2) is 24.5 Å². The largest absolute Gasteiger partial charge is 0.393 e. The Balaban J connectivity index is 1.89. The highest BCUT2D eigenvalue weighted by molar-refractivity contribution is 5.89.